The Balaban J connectivity index is 2.24. The number of aliphatic hydroxyl groups is 2. The summed E-state index contributed by atoms with van der Waals surface area (Å²) >= 11 is 0. The van der Waals surface area contributed by atoms with E-state index in [1.54, 1.807) is 12.2 Å². The van der Waals surface area contributed by atoms with Gasteiger partial charge in [-0.2, -0.15) is 0 Å². The molecular formula is C44H79O11P. The van der Waals surface area contributed by atoms with Gasteiger partial charge >= 0.3 is 19.8 Å². The summed E-state index contributed by atoms with van der Waals surface area (Å²) in [4.78, 5) is 55.6. The van der Waals surface area contributed by atoms with E-state index < -0.39 is 44.7 Å². The number of ketones is 1. The van der Waals surface area contributed by atoms with E-state index in [-0.39, 0.29) is 43.5 Å². The van der Waals surface area contributed by atoms with Crippen molar-refractivity contribution in [2.24, 2.45) is 17.8 Å². The van der Waals surface area contributed by atoms with Gasteiger partial charge in [0.15, 0.2) is 6.10 Å². The molecule has 12 heteroatoms. The Hall–Kier alpha value is -1.88. The van der Waals surface area contributed by atoms with Gasteiger partial charge in [-0.1, -0.05) is 161 Å². The van der Waals surface area contributed by atoms with E-state index in [1.165, 1.54) is 77.0 Å². The highest BCUT2D eigenvalue weighted by atomic mass is 31.2. The van der Waals surface area contributed by atoms with E-state index in [4.69, 9.17) is 19.3 Å². The molecule has 0 unspecified atom stereocenters. The van der Waals surface area contributed by atoms with Crippen molar-refractivity contribution in [3.8, 4) is 0 Å². The molecule has 0 amide bonds. The molecule has 0 spiro atoms. The molecule has 326 valence electrons. The first-order valence-corrected chi connectivity index (χ1v) is 23.6. The van der Waals surface area contributed by atoms with Crippen LogP contribution in [0.3, 0.4) is 0 Å². The molecule has 0 radical (unpaired) electrons. The minimum absolute atomic E-state index is 0.00565. The number of esters is 2. The number of carbonyl (C=O) groups excluding carboxylic acids is 3. The highest BCUT2D eigenvalue weighted by Gasteiger charge is 2.39. The highest BCUT2D eigenvalue weighted by molar-refractivity contribution is 7.46. The molecule has 4 N–H and O–H groups in total. The molecule has 0 aromatic rings. The van der Waals surface area contributed by atoms with Gasteiger partial charge in [-0.15, -0.1) is 0 Å². The molecule has 56 heavy (non-hydrogen) atoms. The molecule has 0 bridgehead atoms. The molecule has 5 atom stereocenters. The van der Waals surface area contributed by atoms with E-state index >= 15 is 0 Å². The molecule has 0 aliphatic heterocycles. The quantitative estimate of drug-likeness (QED) is 0.0205. The van der Waals surface area contributed by atoms with Gasteiger partial charge in [0.1, 0.15) is 12.4 Å². The lowest BCUT2D eigenvalue weighted by molar-refractivity contribution is -0.161. The van der Waals surface area contributed by atoms with Crippen molar-refractivity contribution in [3.63, 3.8) is 0 Å². The molecule has 1 saturated carbocycles. The lowest BCUT2D eigenvalue weighted by Gasteiger charge is -2.18. The second kappa shape index (κ2) is 33.0. The van der Waals surface area contributed by atoms with Crippen molar-refractivity contribution in [2.45, 2.75) is 206 Å². The van der Waals surface area contributed by atoms with Gasteiger partial charge in [0.2, 0.25) is 0 Å². The number of phosphoric acid groups is 1. The number of Topliss-reactive ketones (excluding diaryl/α,β-unsaturated/α-hetero) is 1. The largest absolute Gasteiger partial charge is 0.469 e. The SMILES string of the molecule is CCCCC[C@H](O)/C=C/[C@H]1[C@H](O)CC(=O)[C@@H]1C/C=C\CCCC(=O)OC[C@H](COP(=O)(O)O)OC(=O)CCCCCCCCCCCCCCCCCC(C)C. The van der Waals surface area contributed by atoms with E-state index in [9.17, 15) is 29.2 Å². The number of hydrogen-bond donors (Lipinski definition) is 4. The Kier molecular flexibility index (Phi) is 30.7. The van der Waals surface area contributed by atoms with Crippen LogP contribution in [0.5, 0.6) is 0 Å². The minimum Gasteiger partial charge on any atom is -0.462 e. The molecule has 1 rings (SSSR count). The number of hydrogen-bond acceptors (Lipinski definition) is 9. The zero-order chi connectivity index (χ0) is 41.4. The zero-order valence-corrected chi connectivity index (χ0v) is 36.1. The maximum absolute atomic E-state index is 12.5. The predicted octanol–water partition coefficient (Wildman–Crippen LogP) is 10.0. The fraction of sp³-hybridized carbons (Fsp3) is 0.841. The number of ether oxygens (including phenoxy) is 2. The molecule has 1 aliphatic rings. The summed E-state index contributed by atoms with van der Waals surface area (Å²) in [5.41, 5.74) is 0. The number of unbranched alkanes of at least 4 members (excludes halogenated alkanes) is 17. The van der Waals surface area contributed by atoms with Crippen molar-refractivity contribution in [3.05, 3.63) is 24.3 Å². The Morgan fingerprint density at radius 2 is 1.32 bits per heavy atom. The second-order valence-corrected chi connectivity index (χ2v) is 17.5. The first kappa shape index (κ1) is 52.1. The van der Waals surface area contributed by atoms with Crippen LogP contribution < -0.4 is 0 Å². The van der Waals surface area contributed by atoms with Crippen molar-refractivity contribution >= 4 is 25.5 Å². The first-order chi connectivity index (χ1) is 26.8. The predicted molar refractivity (Wildman–Crippen MR) is 222 cm³/mol. The standard InChI is InChI=1S/C44H79O11P/c1-4-5-21-27-37(45)31-32-40-39(41(46)33-42(40)47)28-23-19-20-24-29-43(48)53-34-38(35-54-56(50,51)52)55-44(49)30-25-18-16-14-12-10-8-6-7-9-11-13-15-17-22-26-36(2)3/h19,23,31-32,36-40,42,45,47H,4-18,20-22,24-30,33-35H2,1-3H3,(H2,50,51,52)/b23-19-,32-31+/t37-,38+,39+,40+,42+/m0/s1. The van der Waals surface area contributed by atoms with Gasteiger partial charge in [-0.3, -0.25) is 18.9 Å². The fourth-order valence-electron chi connectivity index (χ4n) is 7.13. The van der Waals surface area contributed by atoms with E-state index in [2.05, 4.69) is 25.3 Å². The first-order valence-electron chi connectivity index (χ1n) is 22.1. The van der Waals surface area contributed by atoms with Crippen LogP contribution in [0.25, 0.3) is 0 Å². The Bertz CT molecular complexity index is 1130. The molecule has 0 saturated heterocycles. The Morgan fingerprint density at radius 1 is 0.768 bits per heavy atom. The summed E-state index contributed by atoms with van der Waals surface area (Å²) in [7, 11) is -4.82. The number of phosphoric ester groups is 1. The average Bonchev–Trinajstić information content (AvgIpc) is 3.41. The summed E-state index contributed by atoms with van der Waals surface area (Å²) in [6, 6.07) is 0. The zero-order valence-electron chi connectivity index (χ0n) is 35.2. The molecule has 0 aromatic carbocycles. The minimum atomic E-state index is -4.82. The monoisotopic (exact) mass is 815 g/mol. The number of allylic oxidation sites excluding steroid dienone is 2. The van der Waals surface area contributed by atoms with Crippen LogP contribution in [0.4, 0.5) is 0 Å². The normalized spacial score (nSPS) is 18.7. The summed E-state index contributed by atoms with van der Waals surface area (Å²) in [5.74, 6) is -0.969. The second-order valence-electron chi connectivity index (χ2n) is 16.3. The maximum Gasteiger partial charge on any atom is 0.469 e. The third-order valence-corrected chi connectivity index (χ3v) is 11.0. The van der Waals surface area contributed by atoms with Crippen LogP contribution in [0, 0.1) is 17.8 Å². The van der Waals surface area contributed by atoms with Crippen LogP contribution in [0.2, 0.25) is 0 Å². The summed E-state index contributed by atoms with van der Waals surface area (Å²) in [5, 5.41) is 20.6. The number of carbonyl (C=O) groups is 3. The molecule has 0 heterocycles. The van der Waals surface area contributed by atoms with Crippen molar-refractivity contribution < 1.29 is 52.9 Å². The van der Waals surface area contributed by atoms with Gasteiger partial charge in [0.25, 0.3) is 0 Å². The van der Waals surface area contributed by atoms with Crippen molar-refractivity contribution in [1.82, 2.24) is 0 Å². The van der Waals surface area contributed by atoms with Gasteiger partial charge in [-0.05, 0) is 38.0 Å². The lowest BCUT2D eigenvalue weighted by atomic mass is 9.90. The average molecular weight is 815 g/mol. The Labute approximate surface area is 339 Å². The van der Waals surface area contributed by atoms with Crippen LogP contribution in [0.15, 0.2) is 24.3 Å². The van der Waals surface area contributed by atoms with Crippen LogP contribution >= 0.6 is 7.82 Å². The number of aliphatic hydroxyl groups excluding tert-OH is 2. The molecule has 11 nitrogen and oxygen atoms in total. The smallest absolute Gasteiger partial charge is 0.462 e. The molecule has 0 aromatic heterocycles. The van der Waals surface area contributed by atoms with Gasteiger partial charge < -0.3 is 29.5 Å². The fourth-order valence-corrected chi connectivity index (χ4v) is 7.49. The molecule has 1 fully saturated rings. The van der Waals surface area contributed by atoms with Crippen LogP contribution in [-0.4, -0.2) is 69.2 Å². The highest BCUT2D eigenvalue weighted by Crippen LogP contribution is 2.36. The summed E-state index contributed by atoms with van der Waals surface area (Å²) in [6.45, 7) is 5.70. The van der Waals surface area contributed by atoms with Crippen LogP contribution in [-0.2, 0) is 32.9 Å². The summed E-state index contributed by atoms with van der Waals surface area (Å²) < 4.78 is 26.4. The van der Waals surface area contributed by atoms with Crippen molar-refractivity contribution in [1.29, 1.82) is 0 Å². The third-order valence-electron chi connectivity index (χ3n) is 10.5. The third kappa shape index (κ3) is 29.4. The van der Waals surface area contributed by atoms with Gasteiger partial charge in [0, 0.05) is 31.1 Å². The van der Waals surface area contributed by atoms with E-state index in [1.807, 2.05) is 12.2 Å². The van der Waals surface area contributed by atoms with Crippen molar-refractivity contribution in [2.75, 3.05) is 13.2 Å². The molecule has 1 aliphatic carbocycles. The lowest BCUT2D eigenvalue weighted by Crippen LogP contribution is -2.29. The van der Waals surface area contributed by atoms with Gasteiger partial charge in [0.05, 0.1) is 18.8 Å². The van der Waals surface area contributed by atoms with Gasteiger partial charge in [-0.25, -0.2) is 4.57 Å². The van der Waals surface area contributed by atoms with E-state index in [0.717, 1.165) is 44.4 Å². The summed E-state index contributed by atoms with van der Waals surface area (Å²) in [6.07, 6.45) is 29.8. The van der Waals surface area contributed by atoms with Crippen LogP contribution in [0.1, 0.15) is 188 Å². The number of rotatable bonds is 36. The topological polar surface area (TPSA) is 177 Å². The maximum atomic E-state index is 12.5. The Morgan fingerprint density at radius 3 is 1.89 bits per heavy atom. The molecular weight excluding hydrogens is 735 g/mol. The van der Waals surface area contributed by atoms with E-state index in [0.29, 0.717) is 32.1 Å².